The first-order valence-corrected chi connectivity index (χ1v) is 8.10. The lowest BCUT2D eigenvalue weighted by Gasteiger charge is -2.38. The van der Waals surface area contributed by atoms with E-state index in [2.05, 4.69) is 10.2 Å². The number of carbonyl (C=O) groups is 2. The van der Waals surface area contributed by atoms with Crippen LogP contribution >= 0.6 is 11.6 Å². The Balaban J connectivity index is 1.58. The van der Waals surface area contributed by atoms with Crippen molar-refractivity contribution in [1.82, 2.24) is 10.2 Å². The monoisotopic (exact) mass is 321 g/mol. The molecule has 0 radical (unpaired) electrons. The summed E-state index contributed by atoms with van der Waals surface area (Å²) in [6.45, 7) is 2.85. The molecule has 5 nitrogen and oxygen atoms in total. The van der Waals surface area contributed by atoms with E-state index in [0.717, 1.165) is 36.6 Å². The van der Waals surface area contributed by atoms with Gasteiger partial charge in [-0.2, -0.15) is 0 Å². The van der Waals surface area contributed by atoms with Crippen molar-refractivity contribution in [2.75, 3.05) is 31.1 Å². The Morgan fingerprint density at radius 1 is 1.18 bits per heavy atom. The second-order valence-corrected chi connectivity index (χ2v) is 6.18. The van der Waals surface area contributed by atoms with Gasteiger partial charge >= 0.3 is 0 Å². The number of benzene rings is 1. The van der Waals surface area contributed by atoms with Gasteiger partial charge in [0.1, 0.15) is 6.04 Å². The Labute approximate surface area is 135 Å². The zero-order valence-electron chi connectivity index (χ0n) is 12.4. The molecular weight excluding hydrogens is 302 g/mol. The van der Waals surface area contributed by atoms with E-state index >= 15 is 0 Å². The normalized spacial score (nSPS) is 22.4. The van der Waals surface area contributed by atoms with Crippen molar-refractivity contribution in [1.29, 1.82) is 0 Å². The number of hydrogen-bond acceptors (Lipinski definition) is 3. The molecule has 0 unspecified atom stereocenters. The van der Waals surface area contributed by atoms with Crippen LogP contribution in [0.15, 0.2) is 24.3 Å². The smallest absolute Gasteiger partial charge is 0.245 e. The van der Waals surface area contributed by atoms with Crippen molar-refractivity contribution in [3.8, 4) is 0 Å². The maximum Gasteiger partial charge on any atom is 0.245 e. The standard InChI is InChI=1S/C16H20ClN3O2/c17-12-4-1-2-6-14(12)19-8-10-20(11-9-19)16(22)13-5-3-7-15(21)18-13/h1-2,4,6,13H,3,5,7-11H2,(H,18,21)/t13-/m1/s1. The molecule has 1 N–H and O–H groups in total. The van der Waals surface area contributed by atoms with E-state index < -0.39 is 0 Å². The van der Waals surface area contributed by atoms with E-state index in [1.807, 2.05) is 29.2 Å². The minimum absolute atomic E-state index is 0.0145. The molecule has 118 valence electrons. The zero-order valence-corrected chi connectivity index (χ0v) is 13.2. The van der Waals surface area contributed by atoms with Crippen LogP contribution in [0.4, 0.5) is 5.69 Å². The molecule has 0 bridgehead atoms. The number of rotatable bonds is 2. The average molecular weight is 322 g/mol. The number of halogens is 1. The number of nitrogens with one attached hydrogen (secondary N) is 1. The molecule has 2 amide bonds. The van der Waals surface area contributed by atoms with Crippen molar-refractivity contribution >= 4 is 29.1 Å². The Bertz CT molecular complexity index is 570. The molecule has 3 rings (SSSR count). The van der Waals surface area contributed by atoms with Crippen LogP contribution < -0.4 is 10.2 Å². The largest absolute Gasteiger partial charge is 0.367 e. The summed E-state index contributed by atoms with van der Waals surface area (Å²) < 4.78 is 0. The van der Waals surface area contributed by atoms with E-state index in [0.29, 0.717) is 19.5 Å². The average Bonchev–Trinajstić information content (AvgIpc) is 2.55. The lowest BCUT2D eigenvalue weighted by atomic mass is 10.0. The molecular formula is C16H20ClN3O2. The number of piperazine rings is 1. The van der Waals surface area contributed by atoms with Crippen LogP contribution in [-0.4, -0.2) is 48.9 Å². The third kappa shape index (κ3) is 3.19. The highest BCUT2D eigenvalue weighted by Gasteiger charge is 2.30. The van der Waals surface area contributed by atoms with Gasteiger partial charge in [0.25, 0.3) is 0 Å². The van der Waals surface area contributed by atoms with Gasteiger partial charge in [-0.15, -0.1) is 0 Å². The highest BCUT2D eigenvalue weighted by molar-refractivity contribution is 6.33. The third-order valence-electron chi connectivity index (χ3n) is 4.31. The predicted molar refractivity (Wildman–Crippen MR) is 86.0 cm³/mol. The quantitative estimate of drug-likeness (QED) is 0.901. The Morgan fingerprint density at radius 3 is 2.59 bits per heavy atom. The third-order valence-corrected chi connectivity index (χ3v) is 4.63. The first-order chi connectivity index (χ1) is 10.6. The summed E-state index contributed by atoms with van der Waals surface area (Å²) in [7, 11) is 0. The molecule has 1 aromatic carbocycles. The van der Waals surface area contributed by atoms with E-state index in [1.165, 1.54) is 0 Å². The summed E-state index contributed by atoms with van der Waals surface area (Å²) in [5.74, 6) is 0.0335. The lowest BCUT2D eigenvalue weighted by molar-refractivity contribution is -0.138. The molecule has 0 saturated carbocycles. The summed E-state index contributed by atoms with van der Waals surface area (Å²) in [4.78, 5) is 28.0. The Hall–Kier alpha value is -1.75. The van der Waals surface area contributed by atoms with Crippen LogP contribution in [-0.2, 0) is 9.59 Å². The molecule has 6 heteroatoms. The summed E-state index contributed by atoms with van der Waals surface area (Å²) in [6, 6.07) is 7.42. The number of carbonyl (C=O) groups excluding carboxylic acids is 2. The second-order valence-electron chi connectivity index (χ2n) is 5.78. The Morgan fingerprint density at radius 2 is 1.91 bits per heavy atom. The fraction of sp³-hybridized carbons (Fsp3) is 0.500. The van der Waals surface area contributed by atoms with Gasteiger partial charge in [0.15, 0.2) is 0 Å². The van der Waals surface area contributed by atoms with Gasteiger partial charge in [0, 0.05) is 32.6 Å². The number of para-hydroxylation sites is 1. The van der Waals surface area contributed by atoms with Crippen molar-refractivity contribution < 1.29 is 9.59 Å². The molecule has 0 aliphatic carbocycles. The number of amides is 2. The number of hydrogen-bond donors (Lipinski definition) is 1. The predicted octanol–water partition coefficient (Wildman–Crippen LogP) is 1.66. The van der Waals surface area contributed by atoms with Crippen molar-refractivity contribution in [2.45, 2.75) is 25.3 Å². The summed E-state index contributed by atoms with van der Waals surface area (Å²) >= 11 is 6.22. The summed E-state index contributed by atoms with van der Waals surface area (Å²) in [5.41, 5.74) is 1.02. The molecule has 0 aromatic heterocycles. The lowest BCUT2D eigenvalue weighted by Crippen LogP contribution is -2.56. The SMILES string of the molecule is O=C1CCC[C@H](C(=O)N2CCN(c3ccccc3Cl)CC2)N1. The van der Waals surface area contributed by atoms with Crippen LogP contribution in [0.2, 0.25) is 5.02 Å². The van der Waals surface area contributed by atoms with Crippen molar-refractivity contribution in [2.24, 2.45) is 0 Å². The number of nitrogens with zero attached hydrogens (tertiary/aromatic N) is 2. The van der Waals surface area contributed by atoms with Gasteiger partial charge in [0.05, 0.1) is 10.7 Å². The fourth-order valence-electron chi connectivity index (χ4n) is 3.09. The molecule has 2 fully saturated rings. The molecule has 0 spiro atoms. The van der Waals surface area contributed by atoms with E-state index in [9.17, 15) is 9.59 Å². The van der Waals surface area contributed by atoms with Crippen LogP contribution in [0, 0.1) is 0 Å². The second kappa shape index (κ2) is 6.57. The maximum absolute atomic E-state index is 12.5. The topological polar surface area (TPSA) is 52.7 Å². The van der Waals surface area contributed by atoms with Gasteiger partial charge in [0.2, 0.25) is 11.8 Å². The first kappa shape index (κ1) is 15.2. The molecule has 2 saturated heterocycles. The summed E-state index contributed by atoms with van der Waals surface area (Å²) in [6.07, 6.45) is 2.07. The number of piperidine rings is 1. The Kier molecular flexibility index (Phi) is 4.52. The minimum atomic E-state index is -0.340. The van der Waals surface area contributed by atoms with Crippen LogP contribution in [0.5, 0.6) is 0 Å². The van der Waals surface area contributed by atoms with Crippen LogP contribution in [0.3, 0.4) is 0 Å². The first-order valence-electron chi connectivity index (χ1n) is 7.73. The molecule has 2 heterocycles. The summed E-state index contributed by atoms with van der Waals surface area (Å²) in [5, 5.41) is 3.54. The van der Waals surface area contributed by atoms with Gasteiger partial charge < -0.3 is 15.1 Å². The highest BCUT2D eigenvalue weighted by Crippen LogP contribution is 2.26. The van der Waals surface area contributed by atoms with E-state index in [1.54, 1.807) is 0 Å². The van der Waals surface area contributed by atoms with Gasteiger partial charge in [-0.05, 0) is 25.0 Å². The molecule has 2 aliphatic rings. The number of anilines is 1. The molecule has 1 atom stereocenters. The van der Waals surface area contributed by atoms with Crippen LogP contribution in [0.1, 0.15) is 19.3 Å². The van der Waals surface area contributed by atoms with Gasteiger partial charge in [-0.1, -0.05) is 23.7 Å². The minimum Gasteiger partial charge on any atom is -0.367 e. The highest BCUT2D eigenvalue weighted by atomic mass is 35.5. The molecule has 2 aliphatic heterocycles. The van der Waals surface area contributed by atoms with Gasteiger partial charge in [-0.25, -0.2) is 0 Å². The van der Waals surface area contributed by atoms with Crippen molar-refractivity contribution in [3.05, 3.63) is 29.3 Å². The van der Waals surface area contributed by atoms with Crippen molar-refractivity contribution in [3.63, 3.8) is 0 Å². The van der Waals surface area contributed by atoms with E-state index in [-0.39, 0.29) is 17.9 Å². The molecule has 1 aromatic rings. The molecule has 22 heavy (non-hydrogen) atoms. The zero-order chi connectivity index (χ0) is 15.5. The maximum atomic E-state index is 12.5. The van der Waals surface area contributed by atoms with Gasteiger partial charge in [-0.3, -0.25) is 9.59 Å². The van der Waals surface area contributed by atoms with Crippen LogP contribution in [0.25, 0.3) is 0 Å². The van der Waals surface area contributed by atoms with E-state index in [4.69, 9.17) is 11.6 Å². The fourth-order valence-corrected chi connectivity index (χ4v) is 3.34.